The van der Waals surface area contributed by atoms with E-state index in [1.165, 1.54) is 58.3 Å². The highest BCUT2D eigenvalue weighted by Gasteiger charge is 2.44. The fraction of sp³-hybridized carbons (Fsp3) is 0.448. The van der Waals surface area contributed by atoms with Crippen LogP contribution in [0.3, 0.4) is 0 Å². The molecule has 0 aromatic heterocycles. The first kappa shape index (κ1) is 32.5. The zero-order valence-electron chi connectivity index (χ0n) is 24.6. The Labute approximate surface area is 268 Å². The van der Waals surface area contributed by atoms with Crippen LogP contribution in [-0.2, 0) is 32.3 Å². The van der Waals surface area contributed by atoms with Crippen molar-refractivity contribution in [2.45, 2.75) is 55.9 Å². The van der Waals surface area contributed by atoms with Crippen molar-refractivity contribution in [2.75, 3.05) is 26.2 Å². The standard InChI is InChI=1S/C29H32N6O10S/c36-26(24-10-12-32(24)28(38)44-16-18-1-5-21(6-2-18)34(40)41)30-20-9-11-31(14-20)27(37)25-13-23(46)15-33(25)29(39)45-17-19-3-7-22(8-4-19)35(42)43/h1-8,20,23-25,46H,9-17H2,(H,30,36)/t20-,23-,24-,25-/m0/s1. The number of amides is 4. The number of non-ortho nitro benzene ring substituents is 2. The molecule has 46 heavy (non-hydrogen) atoms. The molecule has 2 aromatic carbocycles. The minimum Gasteiger partial charge on any atom is -0.445 e. The van der Waals surface area contributed by atoms with Crippen molar-refractivity contribution in [1.29, 1.82) is 0 Å². The second-order valence-electron chi connectivity index (χ2n) is 11.3. The van der Waals surface area contributed by atoms with Crippen molar-refractivity contribution < 1.29 is 38.5 Å². The Morgan fingerprint density at radius 3 is 1.83 bits per heavy atom. The van der Waals surface area contributed by atoms with Gasteiger partial charge in [0.25, 0.3) is 11.4 Å². The zero-order valence-corrected chi connectivity index (χ0v) is 25.5. The number of hydrogen-bond donors (Lipinski definition) is 2. The number of rotatable bonds is 9. The van der Waals surface area contributed by atoms with Gasteiger partial charge in [-0.05, 0) is 54.7 Å². The molecule has 3 heterocycles. The lowest BCUT2D eigenvalue weighted by Gasteiger charge is -2.39. The van der Waals surface area contributed by atoms with Crippen LogP contribution in [-0.4, -0.2) is 98.1 Å². The van der Waals surface area contributed by atoms with Crippen LogP contribution in [0.5, 0.6) is 0 Å². The highest BCUT2D eigenvalue weighted by molar-refractivity contribution is 7.81. The predicted molar refractivity (Wildman–Crippen MR) is 163 cm³/mol. The van der Waals surface area contributed by atoms with Crippen LogP contribution >= 0.6 is 12.6 Å². The number of hydrogen-bond acceptors (Lipinski definition) is 11. The van der Waals surface area contributed by atoms with Crippen LogP contribution in [0.2, 0.25) is 0 Å². The van der Waals surface area contributed by atoms with Crippen LogP contribution in [0.15, 0.2) is 48.5 Å². The molecule has 3 aliphatic heterocycles. The highest BCUT2D eigenvalue weighted by Crippen LogP contribution is 2.27. The lowest BCUT2D eigenvalue weighted by Crippen LogP contribution is -2.59. The fourth-order valence-electron chi connectivity index (χ4n) is 5.60. The molecule has 2 aromatic rings. The molecule has 0 aliphatic carbocycles. The van der Waals surface area contributed by atoms with Gasteiger partial charge in [-0.1, -0.05) is 0 Å². The van der Waals surface area contributed by atoms with Crippen molar-refractivity contribution in [1.82, 2.24) is 20.0 Å². The van der Waals surface area contributed by atoms with Crippen molar-refractivity contribution >= 4 is 48.0 Å². The van der Waals surface area contributed by atoms with Crippen LogP contribution in [0.1, 0.15) is 30.4 Å². The first-order valence-electron chi connectivity index (χ1n) is 14.6. The molecular formula is C29H32N6O10S. The van der Waals surface area contributed by atoms with E-state index in [4.69, 9.17) is 9.47 Å². The molecule has 0 bridgehead atoms. The number of carbonyl (C=O) groups is 4. The first-order valence-corrected chi connectivity index (χ1v) is 15.1. The van der Waals surface area contributed by atoms with E-state index in [2.05, 4.69) is 17.9 Å². The molecule has 17 heteroatoms. The molecule has 244 valence electrons. The van der Waals surface area contributed by atoms with Gasteiger partial charge in [0.15, 0.2) is 0 Å². The minimum absolute atomic E-state index is 0.0763. The number of thiol groups is 1. The third kappa shape index (κ3) is 7.47. The largest absolute Gasteiger partial charge is 0.445 e. The lowest BCUT2D eigenvalue weighted by molar-refractivity contribution is -0.385. The summed E-state index contributed by atoms with van der Waals surface area (Å²) in [6.45, 7) is 0.944. The van der Waals surface area contributed by atoms with E-state index in [-0.39, 0.29) is 60.8 Å². The molecule has 0 spiro atoms. The summed E-state index contributed by atoms with van der Waals surface area (Å²) in [6.07, 6.45) is -0.0767. The van der Waals surface area contributed by atoms with Gasteiger partial charge in [-0.3, -0.25) is 39.6 Å². The SMILES string of the molecule is O=C(N[C@H]1CCN(C(=O)[C@@H]2C[C@H](S)CN2C(=O)OCc2ccc([N+](=O)[O-])cc2)C1)[C@@H]1CCN1C(=O)OCc1ccc([N+](=O)[O-])cc1. The number of nitro groups is 2. The molecule has 3 fully saturated rings. The summed E-state index contributed by atoms with van der Waals surface area (Å²) in [7, 11) is 0. The Bertz CT molecular complexity index is 1510. The van der Waals surface area contributed by atoms with E-state index in [9.17, 15) is 39.4 Å². The average molecular weight is 657 g/mol. The predicted octanol–water partition coefficient (Wildman–Crippen LogP) is 2.64. The third-order valence-electron chi connectivity index (χ3n) is 8.22. The highest BCUT2D eigenvalue weighted by atomic mass is 32.1. The number of nitro benzene ring substituents is 2. The number of carbonyl (C=O) groups excluding carboxylic acids is 4. The maximum atomic E-state index is 13.5. The number of ether oxygens (including phenoxy) is 2. The molecule has 5 rings (SSSR count). The maximum Gasteiger partial charge on any atom is 0.410 e. The van der Waals surface area contributed by atoms with Gasteiger partial charge in [-0.25, -0.2) is 9.59 Å². The molecule has 16 nitrogen and oxygen atoms in total. The minimum atomic E-state index is -0.783. The average Bonchev–Trinajstić information content (AvgIpc) is 3.64. The first-order chi connectivity index (χ1) is 22.0. The Balaban J connectivity index is 1.08. The Morgan fingerprint density at radius 2 is 1.33 bits per heavy atom. The summed E-state index contributed by atoms with van der Waals surface area (Å²) in [5.41, 5.74) is 0.971. The van der Waals surface area contributed by atoms with E-state index >= 15 is 0 Å². The normalized spacial score (nSPS) is 22.2. The van der Waals surface area contributed by atoms with Crippen molar-refractivity contribution in [2.24, 2.45) is 0 Å². The summed E-state index contributed by atoms with van der Waals surface area (Å²) < 4.78 is 10.7. The fourth-order valence-corrected chi connectivity index (χ4v) is 5.97. The maximum absolute atomic E-state index is 13.5. The van der Waals surface area contributed by atoms with Crippen molar-refractivity contribution in [3.8, 4) is 0 Å². The van der Waals surface area contributed by atoms with Gasteiger partial charge in [-0.15, -0.1) is 0 Å². The number of benzene rings is 2. The van der Waals surface area contributed by atoms with Gasteiger partial charge in [0.05, 0.1) is 9.85 Å². The van der Waals surface area contributed by atoms with Crippen LogP contribution in [0.25, 0.3) is 0 Å². The van der Waals surface area contributed by atoms with Gasteiger partial charge in [-0.2, -0.15) is 12.6 Å². The monoisotopic (exact) mass is 656 g/mol. The number of likely N-dealkylation sites (tertiary alicyclic amines) is 3. The molecular weight excluding hydrogens is 624 g/mol. The molecule has 1 N–H and O–H groups in total. The van der Waals surface area contributed by atoms with Gasteiger partial charge < -0.3 is 19.7 Å². The van der Waals surface area contributed by atoms with Gasteiger partial charge in [0, 0.05) is 61.7 Å². The Hall–Kier alpha value is -4.93. The molecule has 4 amide bonds. The van der Waals surface area contributed by atoms with Gasteiger partial charge in [0.1, 0.15) is 25.3 Å². The molecule has 3 aliphatic rings. The van der Waals surface area contributed by atoms with Crippen LogP contribution in [0.4, 0.5) is 21.0 Å². The Morgan fingerprint density at radius 1 is 0.783 bits per heavy atom. The summed E-state index contributed by atoms with van der Waals surface area (Å²) in [6, 6.07) is 9.39. The van der Waals surface area contributed by atoms with Crippen LogP contribution < -0.4 is 5.32 Å². The molecule has 0 radical (unpaired) electrons. The van der Waals surface area contributed by atoms with E-state index in [0.717, 1.165) is 0 Å². The summed E-state index contributed by atoms with van der Waals surface area (Å²) in [5.74, 6) is -0.633. The molecule has 3 saturated heterocycles. The van der Waals surface area contributed by atoms with Crippen molar-refractivity contribution in [3.05, 3.63) is 79.9 Å². The molecule has 0 saturated carbocycles. The third-order valence-corrected chi connectivity index (χ3v) is 8.59. The smallest absolute Gasteiger partial charge is 0.410 e. The van der Waals surface area contributed by atoms with E-state index in [1.54, 1.807) is 4.90 Å². The second kappa shape index (κ2) is 14.0. The van der Waals surface area contributed by atoms with E-state index in [0.29, 0.717) is 43.5 Å². The molecule has 4 atom stereocenters. The summed E-state index contributed by atoms with van der Waals surface area (Å²) in [5, 5.41) is 24.3. The van der Waals surface area contributed by atoms with E-state index in [1.807, 2.05) is 0 Å². The topological polar surface area (TPSA) is 195 Å². The van der Waals surface area contributed by atoms with Gasteiger partial charge >= 0.3 is 12.2 Å². The summed E-state index contributed by atoms with van der Waals surface area (Å²) in [4.78, 5) is 76.8. The molecule has 0 unspecified atom stereocenters. The summed E-state index contributed by atoms with van der Waals surface area (Å²) >= 11 is 4.48. The van der Waals surface area contributed by atoms with Crippen molar-refractivity contribution in [3.63, 3.8) is 0 Å². The Kier molecular flexibility index (Phi) is 9.89. The number of nitrogens with zero attached hydrogens (tertiary/aromatic N) is 5. The lowest BCUT2D eigenvalue weighted by atomic mass is 10.0. The second-order valence-corrected chi connectivity index (χ2v) is 12.0. The quantitative estimate of drug-likeness (QED) is 0.230. The van der Waals surface area contributed by atoms with Gasteiger partial charge in [0.2, 0.25) is 11.8 Å². The van der Waals surface area contributed by atoms with Crippen LogP contribution in [0, 0.1) is 20.2 Å². The van der Waals surface area contributed by atoms with E-state index < -0.39 is 34.1 Å². The number of nitrogens with one attached hydrogen (secondary N) is 1. The zero-order chi connectivity index (χ0) is 33.0.